The van der Waals surface area contributed by atoms with Gasteiger partial charge in [-0.1, -0.05) is 13.8 Å². The van der Waals surface area contributed by atoms with Crippen LogP contribution in [0.3, 0.4) is 0 Å². The largest absolute Gasteiger partial charge is 0.468 e. The molecule has 0 radical (unpaired) electrons. The van der Waals surface area contributed by atoms with Gasteiger partial charge in [-0.2, -0.15) is 0 Å². The summed E-state index contributed by atoms with van der Waals surface area (Å²) >= 11 is 0. The van der Waals surface area contributed by atoms with Gasteiger partial charge in [0.2, 0.25) is 0 Å². The summed E-state index contributed by atoms with van der Waals surface area (Å²) in [5, 5.41) is 3.48. The Labute approximate surface area is 91.8 Å². The molecule has 0 saturated carbocycles. The highest BCUT2D eigenvalue weighted by Crippen LogP contribution is 2.08. The maximum atomic E-state index is 5.27. The van der Waals surface area contributed by atoms with Gasteiger partial charge in [0.1, 0.15) is 5.76 Å². The van der Waals surface area contributed by atoms with E-state index in [0.717, 1.165) is 25.3 Å². The van der Waals surface area contributed by atoms with E-state index in [2.05, 4.69) is 19.2 Å². The average molecular weight is 211 g/mol. The zero-order valence-corrected chi connectivity index (χ0v) is 9.82. The first-order valence-electron chi connectivity index (χ1n) is 5.48. The third kappa shape index (κ3) is 4.49. The maximum Gasteiger partial charge on any atom is 0.117 e. The van der Waals surface area contributed by atoms with E-state index in [1.165, 1.54) is 0 Å². The highest BCUT2D eigenvalue weighted by Gasteiger charge is 2.12. The van der Waals surface area contributed by atoms with Crippen LogP contribution in [0.25, 0.3) is 0 Å². The van der Waals surface area contributed by atoms with Crippen LogP contribution in [0.5, 0.6) is 0 Å². The van der Waals surface area contributed by atoms with Gasteiger partial charge in [0.15, 0.2) is 0 Å². The van der Waals surface area contributed by atoms with Crippen molar-refractivity contribution < 1.29 is 9.15 Å². The van der Waals surface area contributed by atoms with E-state index in [0.29, 0.717) is 12.0 Å². The molecule has 0 aliphatic heterocycles. The van der Waals surface area contributed by atoms with Crippen molar-refractivity contribution in [2.24, 2.45) is 5.92 Å². The van der Waals surface area contributed by atoms with Crippen LogP contribution in [0.15, 0.2) is 22.8 Å². The van der Waals surface area contributed by atoms with Crippen LogP contribution in [0.2, 0.25) is 0 Å². The van der Waals surface area contributed by atoms with Crippen LogP contribution in [-0.4, -0.2) is 19.8 Å². The summed E-state index contributed by atoms with van der Waals surface area (Å²) in [7, 11) is 1.74. The van der Waals surface area contributed by atoms with E-state index >= 15 is 0 Å². The van der Waals surface area contributed by atoms with Crippen molar-refractivity contribution in [2.45, 2.75) is 32.9 Å². The van der Waals surface area contributed by atoms with E-state index in [-0.39, 0.29) is 0 Å². The van der Waals surface area contributed by atoms with E-state index < -0.39 is 0 Å². The second-order valence-electron chi connectivity index (χ2n) is 4.09. The monoisotopic (exact) mass is 211 g/mol. The van der Waals surface area contributed by atoms with E-state index in [4.69, 9.17) is 9.15 Å². The zero-order valence-electron chi connectivity index (χ0n) is 9.82. The molecule has 1 unspecified atom stereocenters. The fourth-order valence-corrected chi connectivity index (χ4v) is 1.56. The molecule has 3 heteroatoms. The summed E-state index contributed by atoms with van der Waals surface area (Å²) in [5.41, 5.74) is 0. The van der Waals surface area contributed by atoms with Crippen molar-refractivity contribution in [3.05, 3.63) is 24.2 Å². The fraction of sp³-hybridized carbons (Fsp3) is 0.667. The first-order valence-corrected chi connectivity index (χ1v) is 5.48. The minimum absolute atomic E-state index is 0.482. The standard InChI is InChI=1S/C12H21NO2/c1-10(2)12(6-8-14-3)13-9-11-5-4-7-15-11/h4-5,7,10,12-13H,6,8-9H2,1-3H3. The third-order valence-electron chi connectivity index (χ3n) is 2.56. The van der Waals surface area contributed by atoms with Gasteiger partial charge in [0.25, 0.3) is 0 Å². The number of hydrogen-bond donors (Lipinski definition) is 1. The van der Waals surface area contributed by atoms with Crippen LogP contribution in [0.4, 0.5) is 0 Å². The minimum atomic E-state index is 0.482. The molecule has 0 fully saturated rings. The molecule has 0 bridgehead atoms. The highest BCUT2D eigenvalue weighted by molar-refractivity contribution is 4.97. The predicted molar refractivity (Wildman–Crippen MR) is 60.7 cm³/mol. The number of nitrogens with one attached hydrogen (secondary N) is 1. The molecule has 1 N–H and O–H groups in total. The van der Waals surface area contributed by atoms with Crippen molar-refractivity contribution in [1.82, 2.24) is 5.32 Å². The van der Waals surface area contributed by atoms with Crippen molar-refractivity contribution >= 4 is 0 Å². The normalized spacial score (nSPS) is 13.3. The molecule has 0 aliphatic rings. The van der Waals surface area contributed by atoms with Crippen molar-refractivity contribution in [1.29, 1.82) is 0 Å². The Kier molecular flexibility index (Phi) is 5.43. The average Bonchev–Trinajstić information content (AvgIpc) is 2.70. The molecule has 0 amide bonds. The van der Waals surface area contributed by atoms with Gasteiger partial charge in [-0.05, 0) is 24.5 Å². The van der Waals surface area contributed by atoms with Crippen molar-refractivity contribution in [3.63, 3.8) is 0 Å². The number of hydrogen-bond acceptors (Lipinski definition) is 3. The Morgan fingerprint density at radius 1 is 1.47 bits per heavy atom. The molecule has 3 nitrogen and oxygen atoms in total. The molecule has 1 aromatic rings. The van der Waals surface area contributed by atoms with Crippen LogP contribution >= 0.6 is 0 Å². The molecular weight excluding hydrogens is 190 g/mol. The van der Waals surface area contributed by atoms with Gasteiger partial charge in [0.05, 0.1) is 12.8 Å². The maximum absolute atomic E-state index is 5.27. The molecule has 0 saturated heterocycles. The zero-order chi connectivity index (χ0) is 11.1. The molecule has 1 aromatic heterocycles. The Bertz CT molecular complexity index is 244. The van der Waals surface area contributed by atoms with Crippen LogP contribution < -0.4 is 5.32 Å². The topological polar surface area (TPSA) is 34.4 Å². The lowest BCUT2D eigenvalue weighted by Gasteiger charge is -2.21. The minimum Gasteiger partial charge on any atom is -0.468 e. The highest BCUT2D eigenvalue weighted by atomic mass is 16.5. The molecule has 0 aromatic carbocycles. The molecule has 1 rings (SSSR count). The molecule has 86 valence electrons. The Morgan fingerprint density at radius 3 is 2.80 bits per heavy atom. The first kappa shape index (κ1) is 12.3. The van der Waals surface area contributed by atoms with Gasteiger partial charge in [-0.3, -0.25) is 0 Å². The van der Waals surface area contributed by atoms with Crippen LogP contribution in [-0.2, 0) is 11.3 Å². The molecule has 0 spiro atoms. The molecule has 15 heavy (non-hydrogen) atoms. The smallest absolute Gasteiger partial charge is 0.117 e. The van der Waals surface area contributed by atoms with Crippen LogP contribution in [0, 0.1) is 5.92 Å². The number of methoxy groups -OCH3 is 1. The quantitative estimate of drug-likeness (QED) is 0.752. The Balaban J connectivity index is 2.31. The predicted octanol–water partition coefficient (Wildman–Crippen LogP) is 2.43. The van der Waals surface area contributed by atoms with Gasteiger partial charge in [-0.25, -0.2) is 0 Å². The fourth-order valence-electron chi connectivity index (χ4n) is 1.56. The summed E-state index contributed by atoms with van der Waals surface area (Å²) < 4.78 is 10.4. The lowest BCUT2D eigenvalue weighted by Crippen LogP contribution is -2.34. The van der Waals surface area contributed by atoms with Gasteiger partial charge < -0.3 is 14.5 Å². The summed E-state index contributed by atoms with van der Waals surface area (Å²) in [5.74, 6) is 1.59. The molecular formula is C12H21NO2. The molecule has 1 atom stereocenters. The van der Waals surface area contributed by atoms with Crippen molar-refractivity contribution in [3.8, 4) is 0 Å². The SMILES string of the molecule is COCCC(NCc1ccco1)C(C)C. The van der Waals surface area contributed by atoms with Crippen molar-refractivity contribution in [2.75, 3.05) is 13.7 Å². The van der Waals surface area contributed by atoms with Gasteiger partial charge in [-0.15, -0.1) is 0 Å². The van der Waals surface area contributed by atoms with Gasteiger partial charge >= 0.3 is 0 Å². The summed E-state index contributed by atoms with van der Waals surface area (Å²) in [6.07, 6.45) is 2.74. The van der Waals surface area contributed by atoms with E-state index in [1.54, 1.807) is 13.4 Å². The third-order valence-corrected chi connectivity index (χ3v) is 2.56. The molecule has 1 heterocycles. The van der Waals surface area contributed by atoms with E-state index in [1.807, 2.05) is 12.1 Å². The number of ether oxygens (including phenoxy) is 1. The van der Waals surface area contributed by atoms with Gasteiger partial charge in [0, 0.05) is 19.8 Å². The van der Waals surface area contributed by atoms with E-state index in [9.17, 15) is 0 Å². The Hall–Kier alpha value is -0.800. The lowest BCUT2D eigenvalue weighted by molar-refractivity contribution is 0.172. The molecule has 0 aliphatic carbocycles. The first-order chi connectivity index (χ1) is 7.24. The lowest BCUT2D eigenvalue weighted by atomic mass is 10.0. The summed E-state index contributed by atoms with van der Waals surface area (Å²) in [6.45, 7) is 6.03. The number of furan rings is 1. The van der Waals surface area contributed by atoms with Crippen LogP contribution in [0.1, 0.15) is 26.0 Å². The summed E-state index contributed by atoms with van der Waals surface area (Å²) in [6, 6.07) is 4.38. The second kappa shape index (κ2) is 6.64. The second-order valence-corrected chi connectivity index (χ2v) is 4.09. The summed E-state index contributed by atoms with van der Waals surface area (Å²) in [4.78, 5) is 0. The Morgan fingerprint density at radius 2 is 2.27 bits per heavy atom. The number of rotatable bonds is 7.